The molecule has 3 nitrogen and oxygen atoms in total. The second-order valence-corrected chi connectivity index (χ2v) is 5.99. The van der Waals surface area contributed by atoms with Crippen LogP contribution in [-0.2, 0) is 6.42 Å². The molecule has 94 valence electrons. The van der Waals surface area contributed by atoms with Gasteiger partial charge >= 0.3 is 0 Å². The Morgan fingerprint density at radius 3 is 2.65 bits per heavy atom. The van der Waals surface area contributed by atoms with Gasteiger partial charge in [-0.25, -0.2) is 9.97 Å². The van der Waals surface area contributed by atoms with Crippen molar-refractivity contribution in [3.05, 3.63) is 24.3 Å². The van der Waals surface area contributed by atoms with E-state index in [2.05, 4.69) is 35.6 Å². The summed E-state index contributed by atoms with van der Waals surface area (Å²) in [6, 6.07) is 1.88. The summed E-state index contributed by atoms with van der Waals surface area (Å²) in [6.45, 7) is 9.31. The maximum absolute atomic E-state index is 4.33. The minimum atomic E-state index is 0.288. The van der Waals surface area contributed by atoms with Crippen molar-refractivity contribution in [2.45, 2.75) is 45.6 Å². The summed E-state index contributed by atoms with van der Waals surface area (Å²) in [7, 11) is 0. The Kier molecular flexibility index (Phi) is 3.77. The van der Waals surface area contributed by atoms with Crippen LogP contribution in [0.25, 0.3) is 0 Å². The third kappa shape index (κ3) is 3.50. The molecule has 0 N–H and O–H groups in total. The van der Waals surface area contributed by atoms with Crippen LogP contribution < -0.4 is 0 Å². The Morgan fingerprint density at radius 2 is 2.00 bits per heavy atom. The Labute approximate surface area is 104 Å². The lowest BCUT2D eigenvalue weighted by Gasteiger charge is -2.41. The van der Waals surface area contributed by atoms with Crippen LogP contribution in [0, 0.1) is 5.92 Å². The van der Waals surface area contributed by atoms with Crippen molar-refractivity contribution in [2.75, 3.05) is 13.1 Å². The van der Waals surface area contributed by atoms with Gasteiger partial charge in [-0.1, -0.05) is 0 Å². The van der Waals surface area contributed by atoms with Gasteiger partial charge < -0.3 is 0 Å². The van der Waals surface area contributed by atoms with E-state index in [1.165, 1.54) is 25.9 Å². The molecule has 1 atom stereocenters. The Morgan fingerprint density at radius 1 is 1.29 bits per heavy atom. The molecule has 1 unspecified atom stereocenters. The second-order valence-electron chi connectivity index (χ2n) is 5.99. The number of hydrogen-bond donors (Lipinski definition) is 0. The first kappa shape index (κ1) is 12.5. The zero-order valence-electron chi connectivity index (χ0n) is 11.2. The molecule has 1 aromatic heterocycles. The zero-order chi connectivity index (χ0) is 12.3. The summed E-state index contributed by atoms with van der Waals surface area (Å²) in [4.78, 5) is 11.2. The summed E-state index contributed by atoms with van der Waals surface area (Å²) >= 11 is 0. The lowest BCUT2D eigenvalue weighted by Crippen LogP contribution is -2.47. The highest BCUT2D eigenvalue weighted by Crippen LogP contribution is 2.25. The van der Waals surface area contributed by atoms with E-state index in [0.717, 1.165) is 12.2 Å². The average Bonchev–Trinajstić information content (AvgIpc) is 2.29. The number of nitrogens with zero attached hydrogens (tertiary/aromatic N) is 3. The molecule has 0 amide bonds. The molecule has 1 saturated heterocycles. The molecule has 2 rings (SSSR count). The third-order valence-corrected chi connectivity index (χ3v) is 3.56. The summed E-state index contributed by atoms with van der Waals surface area (Å²) in [5.41, 5.74) is 0.288. The molecule has 1 aromatic rings. The van der Waals surface area contributed by atoms with Crippen LogP contribution in [0.5, 0.6) is 0 Å². The molecular weight excluding hydrogens is 210 g/mol. The van der Waals surface area contributed by atoms with Crippen LogP contribution in [0.1, 0.15) is 39.4 Å². The van der Waals surface area contributed by atoms with Crippen molar-refractivity contribution >= 4 is 0 Å². The van der Waals surface area contributed by atoms with E-state index in [1.54, 1.807) is 0 Å². The van der Waals surface area contributed by atoms with Crippen molar-refractivity contribution in [3.63, 3.8) is 0 Å². The Bertz CT molecular complexity index is 342. The monoisotopic (exact) mass is 233 g/mol. The predicted molar refractivity (Wildman–Crippen MR) is 69.8 cm³/mol. The first-order valence-electron chi connectivity index (χ1n) is 6.56. The highest BCUT2D eigenvalue weighted by molar-refractivity contribution is 4.92. The summed E-state index contributed by atoms with van der Waals surface area (Å²) in [5.74, 6) is 1.71. The highest BCUT2D eigenvalue weighted by atomic mass is 15.2. The van der Waals surface area contributed by atoms with Gasteiger partial charge in [0.05, 0.1) is 0 Å². The van der Waals surface area contributed by atoms with E-state index in [9.17, 15) is 0 Å². The van der Waals surface area contributed by atoms with Crippen molar-refractivity contribution in [1.82, 2.24) is 14.9 Å². The fraction of sp³-hybridized carbons (Fsp3) is 0.714. The molecule has 0 aliphatic carbocycles. The van der Waals surface area contributed by atoms with E-state index >= 15 is 0 Å². The summed E-state index contributed by atoms with van der Waals surface area (Å²) < 4.78 is 0. The van der Waals surface area contributed by atoms with E-state index < -0.39 is 0 Å². The minimum Gasteiger partial charge on any atom is -0.298 e. The number of aromatic nitrogens is 2. The fourth-order valence-corrected chi connectivity index (χ4v) is 2.53. The molecule has 1 aliphatic heterocycles. The summed E-state index contributed by atoms with van der Waals surface area (Å²) in [5, 5.41) is 0. The molecule has 2 heterocycles. The molecule has 0 bridgehead atoms. The van der Waals surface area contributed by atoms with Gasteiger partial charge in [-0.15, -0.1) is 0 Å². The molecule has 17 heavy (non-hydrogen) atoms. The van der Waals surface area contributed by atoms with Gasteiger partial charge in [0.2, 0.25) is 0 Å². The number of hydrogen-bond acceptors (Lipinski definition) is 3. The largest absolute Gasteiger partial charge is 0.298 e. The maximum atomic E-state index is 4.33. The quantitative estimate of drug-likeness (QED) is 0.786. The number of likely N-dealkylation sites (tertiary alicyclic amines) is 1. The molecular formula is C14H23N3. The first-order chi connectivity index (χ1) is 8.05. The SMILES string of the molecule is CC(C)(C)N1CCCC(Cc2ncccn2)C1. The second kappa shape index (κ2) is 5.13. The molecule has 0 aromatic carbocycles. The highest BCUT2D eigenvalue weighted by Gasteiger charge is 2.28. The Balaban J connectivity index is 1.94. The number of piperidine rings is 1. The van der Waals surface area contributed by atoms with Gasteiger partial charge in [0, 0.05) is 30.9 Å². The van der Waals surface area contributed by atoms with Gasteiger partial charge in [0.15, 0.2) is 0 Å². The van der Waals surface area contributed by atoms with E-state index in [4.69, 9.17) is 0 Å². The van der Waals surface area contributed by atoms with Gasteiger partial charge in [-0.2, -0.15) is 0 Å². The third-order valence-electron chi connectivity index (χ3n) is 3.56. The van der Waals surface area contributed by atoms with Crippen LogP contribution in [0.3, 0.4) is 0 Å². The molecule has 3 heteroatoms. The topological polar surface area (TPSA) is 29.0 Å². The van der Waals surface area contributed by atoms with Crippen LogP contribution in [0.4, 0.5) is 0 Å². The smallest absolute Gasteiger partial charge is 0.128 e. The molecule has 1 aliphatic rings. The van der Waals surface area contributed by atoms with Gasteiger partial charge in [-0.3, -0.25) is 4.90 Å². The molecule has 1 fully saturated rings. The molecule has 0 saturated carbocycles. The van der Waals surface area contributed by atoms with Crippen LogP contribution in [0.15, 0.2) is 18.5 Å². The van der Waals surface area contributed by atoms with Crippen molar-refractivity contribution in [1.29, 1.82) is 0 Å². The standard InChI is InChI=1S/C14H23N3/c1-14(2,3)17-9-4-6-12(11-17)10-13-15-7-5-8-16-13/h5,7-8,12H,4,6,9-11H2,1-3H3. The predicted octanol–water partition coefficient (Wildman–Crippen LogP) is 2.53. The van der Waals surface area contributed by atoms with E-state index in [-0.39, 0.29) is 5.54 Å². The summed E-state index contributed by atoms with van der Waals surface area (Å²) in [6.07, 6.45) is 7.31. The molecule has 0 spiro atoms. The zero-order valence-corrected chi connectivity index (χ0v) is 11.2. The fourth-order valence-electron chi connectivity index (χ4n) is 2.53. The maximum Gasteiger partial charge on any atom is 0.128 e. The van der Waals surface area contributed by atoms with Crippen molar-refractivity contribution in [2.24, 2.45) is 5.92 Å². The van der Waals surface area contributed by atoms with Crippen molar-refractivity contribution in [3.8, 4) is 0 Å². The van der Waals surface area contributed by atoms with Gasteiger partial charge in [0.25, 0.3) is 0 Å². The lowest BCUT2D eigenvalue weighted by molar-refractivity contribution is 0.0784. The lowest BCUT2D eigenvalue weighted by atomic mass is 9.91. The van der Waals surface area contributed by atoms with E-state index in [1.807, 2.05) is 18.5 Å². The van der Waals surface area contributed by atoms with Crippen LogP contribution >= 0.6 is 0 Å². The first-order valence-corrected chi connectivity index (χ1v) is 6.56. The van der Waals surface area contributed by atoms with Gasteiger partial charge in [-0.05, 0) is 52.1 Å². The van der Waals surface area contributed by atoms with Gasteiger partial charge in [0.1, 0.15) is 5.82 Å². The normalized spacial score (nSPS) is 22.6. The van der Waals surface area contributed by atoms with Crippen LogP contribution in [0.2, 0.25) is 0 Å². The molecule has 0 radical (unpaired) electrons. The van der Waals surface area contributed by atoms with Crippen molar-refractivity contribution < 1.29 is 0 Å². The van der Waals surface area contributed by atoms with Crippen LogP contribution in [-0.4, -0.2) is 33.5 Å². The number of rotatable bonds is 2. The Hall–Kier alpha value is -0.960. The minimum absolute atomic E-state index is 0.288. The van der Waals surface area contributed by atoms with E-state index in [0.29, 0.717) is 5.92 Å². The average molecular weight is 233 g/mol.